The van der Waals surface area contributed by atoms with E-state index in [1.165, 1.54) is 0 Å². The fourth-order valence-electron chi connectivity index (χ4n) is 1.44. The Morgan fingerprint density at radius 3 is 2.94 bits per heavy atom. The van der Waals surface area contributed by atoms with Gasteiger partial charge in [-0.15, -0.1) is 0 Å². The second-order valence-electron chi connectivity index (χ2n) is 3.85. The molecule has 4 nitrogen and oxygen atoms in total. The van der Waals surface area contributed by atoms with Gasteiger partial charge in [-0.2, -0.15) is 0 Å². The summed E-state index contributed by atoms with van der Waals surface area (Å²) in [5, 5.41) is 2.74. The third kappa shape index (κ3) is 3.45. The first-order valence-corrected chi connectivity index (χ1v) is 5.49. The SMILES string of the molecule is Cc1ccc(NC(=O)CCc2ccco2)nc1. The predicted octanol–water partition coefficient (Wildman–Crippen LogP) is 2.55. The van der Waals surface area contributed by atoms with Crippen LogP contribution in [-0.4, -0.2) is 10.9 Å². The monoisotopic (exact) mass is 230 g/mol. The number of nitrogens with one attached hydrogen (secondary N) is 1. The van der Waals surface area contributed by atoms with Gasteiger partial charge in [0.1, 0.15) is 11.6 Å². The van der Waals surface area contributed by atoms with Crippen molar-refractivity contribution in [1.82, 2.24) is 4.98 Å². The summed E-state index contributed by atoms with van der Waals surface area (Å²) >= 11 is 0. The second kappa shape index (κ2) is 5.30. The maximum absolute atomic E-state index is 11.6. The van der Waals surface area contributed by atoms with Gasteiger partial charge < -0.3 is 9.73 Å². The number of hydrogen-bond donors (Lipinski definition) is 1. The summed E-state index contributed by atoms with van der Waals surface area (Å²) in [6.07, 6.45) is 4.32. The second-order valence-corrected chi connectivity index (χ2v) is 3.85. The van der Waals surface area contributed by atoms with Gasteiger partial charge in [0.15, 0.2) is 0 Å². The van der Waals surface area contributed by atoms with Crippen LogP contribution >= 0.6 is 0 Å². The number of furan rings is 1. The molecule has 0 aliphatic carbocycles. The number of amides is 1. The fourth-order valence-corrected chi connectivity index (χ4v) is 1.44. The zero-order valence-corrected chi connectivity index (χ0v) is 9.64. The van der Waals surface area contributed by atoms with Crippen molar-refractivity contribution in [3.05, 3.63) is 48.0 Å². The number of aromatic nitrogens is 1. The van der Waals surface area contributed by atoms with E-state index in [9.17, 15) is 4.79 Å². The average molecular weight is 230 g/mol. The molecule has 2 aromatic heterocycles. The molecule has 2 aromatic rings. The number of carbonyl (C=O) groups excluding carboxylic acids is 1. The molecule has 2 heterocycles. The first-order valence-electron chi connectivity index (χ1n) is 5.49. The van der Waals surface area contributed by atoms with Crippen molar-refractivity contribution in [2.24, 2.45) is 0 Å². The van der Waals surface area contributed by atoms with Crippen LogP contribution in [0.4, 0.5) is 5.82 Å². The van der Waals surface area contributed by atoms with Gasteiger partial charge in [-0.25, -0.2) is 4.98 Å². The molecule has 0 saturated heterocycles. The van der Waals surface area contributed by atoms with Crippen LogP contribution < -0.4 is 5.32 Å². The standard InChI is InChI=1S/C13H14N2O2/c1-10-4-6-12(14-9-10)15-13(16)7-5-11-3-2-8-17-11/h2-4,6,8-9H,5,7H2,1H3,(H,14,15,16). The molecule has 0 saturated carbocycles. The molecule has 0 aliphatic heterocycles. The molecule has 88 valence electrons. The van der Waals surface area contributed by atoms with E-state index in [1.54, 1.807) is 18.5 Å². The summed E-state index contributed by atoms with van der Waals surface area (Å²) in [6, 6.07) is 7.38. The average Bonchev–Trinajstić information content (AvgIpc) is 2.83. The van der Waals surface area contributed by atoms with Crippen LogP contribution in [0.3, 0.4) is 0 Å². The molecule has 1 amide bonds. The molecule has 4 heteroatoms. The molecule has 0 spiro atoms. The summed E-state index contributed by atoms with van der Waals surface area (Å²) in [5.41, 5.74) is 1.07. The highest BCUT2D eigenvalue weighted by Gasteiger charge is 2.04. The smallest absolute Gasteiger partial charge is 0.225 e. The molecular formula is C13H14N2O2. The lowest BCUT2D eigenvalue weighted by Gasteiger charge is -2.03. The van der Waals surface area contributed by atoms with Gasteiger partial charge in [0.05, 0.1) is 6.26 Å². The molecule has 1 N–H and O–H groups in total. The van der Waals surface area contributed by atoms with Crippen LogP contribution in [0.25, 0.3) is 0 Å². The topological polar surface area (TPSA) is 55.1 Å². The summed E-state index contributed by atoms with van der Waals surface area (Å²) in [5.74, 6) is 1.34. The number of hydrogen-bond acceptors (Lipinski definition) is 3. The molecule has 0 unspecified atom stereocenters. The van der Waals surface area contributed by atoms with Crippen molar-refractivity contribution in [2.75, 3.05) is 5.32 Å². The summed E-state index contributed by atoms with van der Waals surface area (Å²) in [6.45, 7) is 1.95. The van der Waals surface area contributed by atoms with Crippen molar-refractivity contribution in [2.45, 2.75) is 19.8 Å². The minimum Gasteiger partial charge on any atom is -0.469 e. The Balaban J connectivity index is 1.83. The Morgan fingerprint density at radius 1 is 1.41 bits per heavy atom. The Hall–Kier alpha value is -2.10. The van der Waals surface area contributed by atoms with E-state index in [0.29, 0.717) is 18.7 Å². The Kier molecular flexibility index (Phi) is 3.55. The Labute approximate surface area is 99.7 Å². The largest absolute Gasteiger partial charge is 0.469 e. The van der Waals surface area contributed by atoms with Crippen molar-refractivity contribution < 1.29 is 9.21 Å². The highest BCUT2D eigenvalue weighted by atomic mass is 16.3. The molecule has 0 aromatic carbocycles. The van der Waals surface area contributed by atoms with Gasteiger partial charge in [-0.3, -0.25) is 4.79 Å². The first kappa shape index (κ1) is 11.4. The summed E-state index contributed by atoms with van der Waals surface area (Å²) in [7, 11) is 0. The number of rotatable bonds is 4. The predicted molar refractivity (Wildman–Crippen MR) is 64.6 cm³/mol. The van der Waals surface area contributed by atoms with Gasteiger partial charge in [-0.05, 0) is 30.7 Å². The Morgan fingerprint density at radius 2 is 2.29 bits per heavy atom. The van der Waals surface area contributed by atoms with Crippen LogP contribution in [0, 0.1) is 6.92 Å². The van der Waals surface area contributed by atoms with Gasteiger partial charge in [0.2, 0.25) is 5.91 Å². The molecule has 0 radical (unpaired) electrons. The zero-order valence-electron chi connectivity index (χ0n) is 9.64. The van der Waals surface area contributed by atoms with Crippen molar-refractivity contribution >= 4 is 11.7 Å². The number of carbonyl (C=O) groups is 1. The zero-order chi connectivity index (χ0) is 12.1. The normalized spacial score (nSPS) is 10.2. The van der Waals surface area contributed by atoms with Crippen molar-refractivity contribution in [1.29, 1.82) is 0 Å². The molecule has 0 atom stereocenters. The van der Waals surface area contributed by atoms with Crippen molar-refractivity contribution in [3.8, 4) is 0 Å². The van der Waals surface area contributed by atoms with E-state index in [0.717, 1.165) is 11.3 Å². The van der Waals surface area contributed by atoms with E-state index >= 15 is 0 Å². The minimum absolute atomic E-state index is 0.0576. The van der Waals surface area contributed by atoms with E-state index in [-0.39, 0.29) is 5.91 Å². The van der Waals surface area contributed by atoms with Crippen LogP contribution in [0.5, 0.6) is 0 Å². The molecule has 0 fully saturated rings. The van der Waals surface area contributed by atoms with Crippen LogP contribution in [0.15, 0.2) is 41.1 Å². The Bertz CT molecular complexity index is 475. The van der Waals surface area contributed by atoms with Crippen LogP contribution in [-0.2, 0) is 11.2 Å². The molecule has 0 aliphatic rings. The number of aryl methyl sites for hydroxylation is 2. The quantitative estimate of drug-likeness (QED) is 0.878. The lowest BCUT2D eigenvalue weighted by molar-refractivity contribution is -0.116. The maximum Gasteiger partial charge on any atom is 0.225 e. The van der Waals surface area contributed by atoms with Crippen LogP contribution in [0.1, 0.15) is 17.7 Å². The van der Waals surface area contributed by atoms with Gasteiger partial charge >= 0.3 is 0 Å². The first-order chi connectivity index (χ1) is 8.24. The molecule has 0 bridgehead atoms. The number of nitrogens with zero attached hydrogens (tertiary/aromatic N) is 1. The van der Waals surface area contributed by atoms with Crippen LogP contribution in [0.2, 0.25) is 0 Å². The van der Waals surface area contributed by atoms with Crippen molar-refractivity contribution in [3.63, 3.8) is 0 Å². The molecule has 17 heavy (non-hydrogen) atoms. The number of anilines is 1. The van der Waals surface area contributed by atoms with Gasteiger partial charge in [0, 0.05) is 19.0 Å². The summed E-state index contributed by atoms with van der Waals surface area (Å²) < 4.78 is 5.15. The van der Waals surface area contributed by atoms with E-state index in [2.05, 4.69) is 10.3 Å². The lowest BCUT2D eigenvalue weighted by Crippen LogP contribution is -2.13. The van der Waals surface area contributed by atoms with E-state index in [4.69, 9.17) is 4.42 Å². The van der Waals surface area contributed by atoms with E-state index < -0.39 is 0 Å². The maximum atomic E-state index is 11.6. The van der Waals surface area contributed by atoms with Gasteiger partial charge in [-0.1, -0.05) is 6.07 Å². The minimum atomic E-state index is -0.0576. The third-order valence-electron chi connectivity index (χ3n) is 2.36. The molecular weight excluding hydrogens is 216 g/mol. The highest BCUT2D eigenvalue weighted by molar-refractivity contribution is 5.89. The molecule has 2 rings (SSSR count). The third-order valence-corrected chi connectivity index (χ3v) is 2.36. The fraction of sp³-hybridized carbons (Fsp3) is 0.231. The summed E-state index contributed by atoms with van der Waals surface area (Å²) in [4.78, 5) is 15.7. The lowest BCUT2D eigenvalue weighted by atomic mass is 10.2. The van der Waals surface area contributed by atoms with Gasteiger partial charge in [0.25, 0.3) is 0 Å². The number of pyridine rings is 1. The van der Waals surface area contributed by atoms with E-state index in [1.807, 2.05) is 25.1 Å². The highest BCUT2D eigenvalue weighted by Crippen LogP contribution is 2.07.